The van der Waals surface area contributed by atoms with E-state index in [2.05, 4.69) is 48.7 Å². The Morgan fingerprint density at radius 2 is 1.58 bits per heavy atom. The molecule has 0 radical (unpaired) electrons. The second kappa shape index (κ2) is 5.28. The van der Waals surface area contributed by atoms with Crippen LogP contribution in [0.1, 0.15) is 0 Å². The molecule has 0 aliphatic rings. The summed E-state index contributed by atoms with van der Waals surface area (Å²) in [6, 6.07) is 20.9. The molecule has 0 aliphatic carbocycles. The molecule has 0 nitrogen and oxygen atoms in total. The van der Waals surface area contributed by atoms with Crippen molar-refractivity contribution in [3.8, 4) is 11.1 Å². The summed E-state index contributed by atoms with van der Waals surface area (Å²) in [4.78, 5) is 1.14. The predicted molar refractivity (Wildman–Crippen MR) is 86.2 cm³/mol. The van der Waals surface area contributed by atoms with E-state index in [1.54, 1.807) is 11.8 Å². The average molecular weight is 285 g/mol. The van der Waals surface area contributed by atoms with Crippen molar-refractivity contribution < 1.29 is 0 Å². The lowest BCUT2D eigenvalue weighted by atomic mass is 10.0. The summed E-state index contributed by atoms with van der Waals surface area (Å²) >= 11 is 8.28. The fourth-order valence-electron chi connectivity index (χ4n) is 2.32. The van der Waals surface area contributed by atoms with Gasteiger partial charge in [-0.05, 0) is 28.8 Å². The molecular formula is C17H13ClS. The molecule has 0 amide bonds. The van der Waals surface area contributed by atoms with Gasteiger partial charge in [0.2, 0.25) is 0 Å². The molecule has 0 spiro atoms. The Morgan fingerprint density at radius 3 is 2.32 bits per heavy atom. The molecule has 3 aromatic rings. The highest BCUT2D eigenvalue weighted by atomic mass is 35.5. The number of hydrogen-bond donors (Lipinski definition) is 0. The van der Waals surface area contributed by atoms with E-state index in [4.69, 9.17) is 11.6 Å². The van der Waals surface area contributed by atoms with E-state index < -0.39 is 0 Å². The second-order valence-electron chi connectivity index (χ2n) is 4.36. The molecule has 19 heavy (non-hydrogen) atoms. The third-order valence-electron chi connectivity index (χ3n) is 3.23. The fourth-order valence-corrected chi connectivity index (χ4v) is 3.51. The van der Waals surface area contributed by atoms with Crippen LogP contribution in [0.3, 0.4) is 0 Å². The van der Waals surface area contributed by atoms with Gasteiger partial charge in [0.15, 0.2) is 0 Å². The van der Waals surface area contributed by atoms with Gasteiger partial charge in [0.1, 0.15) is 0 Å². The Hall–Kier alpha value is -1.44. The Morgan fingerprint density at radius 1 is 0.895 bits per heavy atom. The number of halogens is 1. The first kappa shape index (κ1) is 12.6. The standard InChI is InChI=1S/C17H13ClS/c1-19-17-15(12-7-3-2-4-8-12)11-13-9-5-6-10-14(13)16(17)18/h2-11H,1H3. The Balaban J connectivity index is 2.36. The van der Waals surface area contributed by atoms with Crippen molar-refractivity contribution in [1.29, 1.82) is 0 Å². The third kappa shape index (κ3) is 2.24. The Labute approximate surface area is 122 Å². The average Bonchev–Trinajstić information content (AvgIpc) is 2.48. The fraction of sp³-hybridized carbons (Fsp3) is 0.0588. The molecular weight excluding hydrogens is 272 g/mol. The van der Waals surface area contributed by atoms with Gasteiger partial charge in [-0.25, -0.2) is 0 Å². The molecule has 0 aromatic heterocycles. The number of hydrogen-bond acceptors (Lipinski definition) is 1. The zero-order chi connectivity index (χ0) is 13.2. The van der Waals surface area contributed by atoms with Crippen LogP contribution in [-0.4, -0.2) is 6.26 Å². The molecule has 0 saturated carbocycles. The van der Waals surface area contributed by atoms with Crippen LogP contribution in [0.2, 0.25) is 5.02 Å². The van der Waals surface area contributed by atoms with E-state index in [0.29, 0.717) is 0 Å². The van der Waals surface area contributed by atoms with Crippen LogP contribution in [0.15, 0.2) is 65.6 Å². The van der Waals surface area contributed by atoms with Crippen LogP contribution < -0.4 is 0 Å². The van der Waals surface area contributed by atoms with Gasteiger partial charge < -0.3 is 0 Å². The van der Waals surface area contributed by atoms with Gasteiger partial charge in [0.05, 0.1) is 5.02 Å². The Bertz CT molecular complexity index is 720. The summed E-state index contributed by atoms with van der Waals surface area (Å²) in [5.41, 5.74) is 2.41. The van der Waals surface area contributed by atoms with Crippen LogP contribution in [0.4, 0.5) is 0 Å². The van der Waals surface area contributed by atoms with E-state index in [1.165, 1.54) is 16.5 Å². The molecule has 0 bridgehead atoms. The third-order valence-corrected chi connectivity index (χ3v) is 4.57. The second-order valence-corrected chi connectivity index (χ2v) is 5.55. The SMILES string of the molecule is CSc1c(-c2ccccc2)cc2ccccc2c1Cl. The normalized spacial score (nSPS) is 10.8. The zero-order valence-corrected chi connectivity index (χ0v) is 12.1. The molecule has 94 valence electrons. The number of fused-ring (bicyclic) bond motifs is 1. The maximum Gasteiger partial charge on any atom is 0.0626 e. The first-order chi connectivity index (χ1) is 9.31. The van der Waals surface area contributed by atoms with Crippen molar-refractivity contribution in [3.05, 3.63) is 65.7 Å². The summed E-state index contributed by atoms with van der Waals surface area (Å²) in [5, 5.41) is 3.15. The lowest BCUT2D eigenvalue weighted by Crippen LogP contribution is -1.86. The number of rotatable bonds is 2. The van der Waals surface area contributed by atoms with Crippen LogP contribution >= 0.6 is 23.4 Å². The van der Waals surface area contributed by atoms with Crippen molar-refractivity contribution >= 4 is 34.1 Å². The zero-order valence-electron chi connectivity index (χ0n) is 10.6. The van der Waals surface area contributed by atoms with E-state index >= 15 is 0 Å². The summed E-state index contributed by atoms with van der Waals surface area (Å²) in [6.07, 6.45) is 2.07. The maximum atomic E-state index is 6.58. The lowest BCUT2D eigenvalue weighted by molar-refractivity contribution is 1.48. The number of benzene rings is 3. The number of thioether (sulfide) groups is 1. The highest BCUT2D eigenvalue weighted by Crippen LogP contribution is 2.40. The molecule has 0 aliphatic heterocycles. The van der Waals surface area contributed by atoms with Gasteiger partial charge in [-0.3, -0.25) is 0 Å². The molecule has 2 heteroatoms. The first-order valence-electron chi connectivity index (χ1n) is 6.12. The summed E-state index contributed by atoms with van der Waals surface area (Å²) < 4.78 is 0. The molecule has 0 unspecified atom stereocenters. The maximum absolute atomic E-state index is 6.58. The summed E-state index contributed by atoms with van der Waals surface area (Å²) in [6.45, 7) is 0. The molecule has 0 saturated heterocycles. The highest BCUT2D eigenvalue weighted by molar-refractivity contribution is 7.98. The van der Waals surface area contributed by atoms with E-state index in [9.17, 15) is 0 Å². The van der Waals surface area contributed by atoms with Gasteiger partial charge >= 0.3 is 0 Å². The molecule has 3 rings (SSSR count). The minimum absolute atomic E-state index is 0.851. The van der Waals surface area contributed by atoms with Crippen molar-refractivity contribution in [2.45, 2.75) is 4.90 Å². The van der Waals surface area contributed by atoms with Gasteiger partial charge in [0.25, 0.3) is 0 Å². The van der Waals surface area contributed by atoms with E-state index in [0.717, 1.165) is 15.3 Å². The minimum atomic E-state index is 0.851. The first-order valence-corrected chi connectivity index (χ1v) is 7.72. The van der Waals surface area contributed by atoms with Gasteiger partial charge in [-0.2, -0.15) is 0 Å². The Kier molecular flexibility index (Phi) is 3.50. The quantitative estimate of drug-likeness (QED) is 0.529. The van der Waals surface area contributed by atoms with E-state index in [1.807, 2.05) is 18.2 Å². The minimum Gasteiger partial charge on any atom is -0.127 e. The lowest BCUT2D eigenvalue weighted by Gasteiger charge is -2.12. The molecule has 0 fully saturated rings. The van der Waals surface area contributed by atoms with Gasteiger partial charge in [0, 0.05) is 10.3 Å². The molecule has 0 N–H and O–H groups in total. The van der Waals surface area contributed by atoms with Crippen molar-refractivity contribution in [2.75, 3.05) is 6.26 Å². The van der Waals surface area contributed by atoms with E-state index in [-0.39, 0.29) is 0 Å². The van der Waals surface area contributed by atoms with Crippen LogP contribution in [0, 0.1) is 0 Å². The monoisotopic (exact) mass is 284 g/mol. The summed E-state index contributed by atoms with van der Waals surface area (Å²) in [7, 11) is 0. The van der Waals surface area contributed by atoms with Gasteiger partial charge in [-0.1, -0.05) is 66.2 Å². The molecule has 0 atom stereocenters. The van der Waals surface area contributed by atoms with Gasteiger partial charge in [-0.15, -0.1) is 11.8 Å². The van der Waals surface area contributed by atoms with Crippen LogP contribution in [0.25, 0.3) is 21.9 Å². The van der Waals surface area contributed by atoms with Crippen LogP contribution in [0.5, 0.6) is 0 Å². The molecule has 3 aromatic carbocycles. The topological polar surface area (TPSA) is 0 Å². The summed E-state index contributed by atoms with van der Waals surface area (Å²) in [5.74, 6) is 0. The highest BCUT2D eigenvalue weighted by Gasteiger charge is 2.12. The van der Waals surface area contributed by atoms with Crippen LogP contribution in [-0.2, 0) is 0 Å². The predicted octanol–water partition coefficient (Wildman–Crippen LogP) is 5.88. The van der Waals surface area contributed by atoms with Crippen molar-refractivity contribution in [1.82, 2.24) is 0 Å². The van der Waals surface area contributed by atoms with Crippen molar-refractivity contribution in [2.24, 2.45) is 0 Å². The smallest absolute Gasteiger partial charge is 0.0626 e. The van der Waals surface area contributed by atoms with Crippen molar-refractivity contribution in [3.63, 3.8) is 0 Å². The largest absolute Gasteiger partial charge is 0.127 e. The molecule has 0 heterocycles.